The molecule has 3 aromatic carbocycles. The summed E-state index contributed by atoms with van der Waals surface area (Å²) >= 11 is 0. The fourth-order valence-corrected chi connectivity index (χ4v) is 4.75. The van der Waals surface area contributed by atoms with Gasteiger partial charge >= 0.3 is 6.03 Å². The lowest BCUT2D eigenvalue weighted by molar-refractivity contribution is -0.124. The van der Waals surface area contributed by atoms with Crippen LogP contribution in [0.4, 0.5) is 9.18 Å². The number of hydrogen-bond acceptors (Lipinski definition) is 6. The second-order valence-corrected chi connectivity index (χ2v) is 9.10. The third-order valence-electron chi connectivity index (χ3n) is 6.69. The number of fused-ring (bicyclic) bond motifs is 1. The number of hydrogen-bond donors (Lipinski definition) is 2. The molecule has 0 bridgehead atoms. The van der Waals surface area contributed by atoms with Gasteiger partial charge in [0.1, 0.15) is 30.8 Å². The van der Waals surface area contributed by atoms with Crippen molar-refractivity contribution in [3.05, 3.63) is 107 Å². The van der Waals surface area contributed by atoms with E-state index < -0.39 is 23.3 Å². The number of halogens is 1. The van der Waals surface area contributed by atoms with Crippen molar-refractivity contribution in [2.24, 2.45) is 0 Å². The summed E-state index contributed by atoms with van der Waals surface area (Å²) in [5, 5.41) is 8.98. The SMILES string of the molecule is O=C1NC(=O)[C@](CN2Cc3cc(OCc4ccc(-n5cncn5)cc4)ccc3C2=O)(c2ccc(F)cc2)N1. The van der Waals surface area contributed by atoms with Crippen molar-refractivity contribution in [3.63, 3.8) is 0 Å². The molecule has 0 aliphatic carbocycles. The summed E-state index contributed by atoms with van der Waals surface area (Å²) in [5.74, 6) is -0.752. The standard InChI is InChI=1S/C27H21FN6O4/c28-20-5-3-19(4-6-20)27(25(36)31-26(37)32-27)14-33-12-18-11-22(9-10-23(18)24(33)35)38-13-17-1-7-21(8-2-17)34-16-29-15-30-34/h1-11,15-16H,12-14H2,(H2,31,32,36,37)/t27-/m0/s1. The molecule has 1 aromatic heterocycles. The largest absolute Gasteiger partial charge is 0.489 e. The molecule has 1 saturated heterocycles. The molecule has 4 amide bonds. The van der Waals surface area contributed by atoms with E-state index in [1.807, 2.05) is 24.3 Å². The number of rotatable bonds is 7. The van der Waals surface area contributed by atoms with Gasteiger partial charge < -0.3 is 15.0 Å². The highest BCUT2D eigenvalue weighted by Gasteiger charge is 2.50. The molecule has 6 rings (SSSR count). The molecule has 2 aliphatic rings. The first kappa shape index (κ1) is 23.3. The molecule has 1 fully saturated rings. The molecule has 11 heteroatoms. The molecular weight excluding hydrogens is 491 g/mol. The first-order valence-corrected chi connectivity index (χ1v) is 11.8. The second-order valence-electron chi connectivity index (χ2n) is 9.10. The minimum atomic E-state index is -1.53. The van der Waals surface area contributed by atoms with Crippen LogP contribution in [0.25, 0.3) is 5.69 Å². The molecular formula is C27H21FN6O4. The van der Waals surface area contributed by atoms with Gasteiger partial charge in [-0.2, -0.15) is 5.10 Å². The van der Waals surface area contributed by atoms with E-state index in [2.05, 4.69) is 20.7 Å². The van der Waals surface area contributed by atoms with Gasteiger partial charge in [0.15, 0.2) is 5.54 Å². The van der Waals surface area contributed by atoms with Crippen LogP contribution in [0.1, 0.15) is 27.0 Å². The number of aromatic nitrogens is 3. The third-order valence-corrected chi connectivity index (χ3v) is 6.69. The van der Waals surface area contributed by atoms with Crippen LogP contribution in [0.3, 0.4) is 0 Å². The maximum absolute atomic E-state index is 13.5. The maximum atomic E-state index is 13.5. The minimum Gasteiger partial charge on any atom is -0.489 e. The molecule has 10 nitrogen and oxygen atoms in total. The second kappa shape index (κ2) is 9.11. The van der Waals surface area contributed by atoms with Crippen LogP contribution >= 0.6 is 0 Å². The highest BCUT2D eigenvalue weighted by Crippen LogP contribution is 2.32. The van der Waals surface area contributed by atoms with E-state index in [0.717, 1.165) is 16.8 Å². The normalized spacial score (nSPS) is 18.3. The van der Waals surface area contributed by atoms with Crippen LogP contribution in [0.5, 0.6) is 5.75 Å². The minimum absolute atomic E-state index is 0.113. The molecule has 2 aliphatic heterocycles. The number of urea groups is 1. The van der Waals surface area contributed by atoms with Gasteiger partial charge in [0.25, 0.3) is 11.8 Å². The number of ether oxygens (including phenoxy) is 1. The van der Waals surface area contributed by atoms with Crippen molar-refractivity contribution < 1.29 is 23.5 Å². The maximum Gasteiger partial charge on any atom is 0.322 e. The van der Waals surface area contributed by atoms with Crippen molar-refractivity contribution in [2.75, 3.05) is 6.54 Å². The predicted octanol–water partition coefficient (Wildman–Crippen LogP) is 2.68. The van der Waals surface area contributed by atoms with Gasteiger partial charge in [-0.05, 0) is 59.2 Å². The summed E-state index contributed by atoms with van der Waals surface area (Å²) in [4.78, 5) is 43.5. The average molecular weight is 513 g/mol. The summed E-state index contributed by atoms with van der Waals surface area (Å²) in [7, 11) is 0. The Morgan fingerprint density at radius 1 is 1.00 bits per heavy atom. The molecule has 38 heavy (non-hydrogen) atoms. The van der Waals surface area contributed by atoms with Crippen LogP contribution in [0.2, 0.25) is 0 Å². The Hall–Kier alpha value is -5.06. The number of amides is 4. The number of nitrogens with zero attached hydrogens (tertiary/aromatic N) is 4. The summed E-state index contributed by atoms with van der Waals surface area (Å²) in [6.45, 7) is 0.441. The van der Waals surface area contributed by atoms with E-state index in [0.29, 0.717) is 23.5 Å². The van der Waals surface area contributed by atoms with Crippen molar-refractivity contribution in [3.8, 4) is 11.4 Å². The van der Waals surface area contributed by atoms with Crippen LogP contribution < -0.4 is 15.4 Å². The molecule has 0 spiro atoms. The van der Waals surface area contributed by atoms with Gasteiger partial charge in [0, 0.05) is 12.1 Å². The van der Waals surface area contributed by atoms with E-state index in [-0.39, 0.29) is 19.0 Å². The molecule has 4 aromatic rings. The Labute approximate surface area is 216 Å². The summed E-state index contributed by atoms with van der Waals surface area (Å²) in [6, 6.07) is 17.5. The third kappa shape index (κ3) is 4.13. The van der Waals surface area contributed by atoms with Crippen LogP contribution in [0, 0.1) is 5.82 Å². The van der Waals surface area contributed by atoms with E-state index >= 15 is 0 Å². The van der Waals surface area contributed by atoms with Gasteiger partial charge in [-0.25, -0.2) is 18.9 Å². The molecule has 0 radical (unpaired) electrons. The summed E-state index contributed by atoms with van der Waals surface area (Å²) in [6.07, 6.45) is 3.09. The number of carbonyl (C=O) groups is 3. The Morgan fingerprint density at radius 2 is 1.79 bits per heavy atom. The average Bonchev–Trinajstić information content (AvgIpc) is 3.63. The molecule has 0 saturated carbocycles. The Balaban J connectivity index is 1.17. The molecule has 2 N–H and O–H groups in total. The quantitative estimate of drug-likeness (QED) is 0.368. The highest BCUT2D eigenvalue weighted by molar-refractivity contribution is 6.08. The fourth-order valence-electron chi connectivity index (χ4n) is 4.75. The van der Waals surface area contributed by atoms with Gasteiger partial charge in [0.05, 0.1) is 12.2 Å². The lowest BCUT2D eigenvalue weighted by Crippen LogP contribution is -2.52. The van der Waals surface area contributed by atoms with Crippen molar-refractivity contribution >= 4 is 17.8 Å². The van der Waals surface area contributed by atoms with Crippen LogP contribution in [-0.2, 0) is 23.5 Å². The van der Waals surface area contributed by atoms with E-state index in [1.165, 1.54) is 35.5 Å². The Bertz CT molecular complexity index is 1540. The van der Waals surface area contributed by atoms with Gasteiger partial charge in [-0.1, -0.05) is 24.3 Å². The van der Waals surface area contributed by atoms with Gasteiger partial charge in [-0.3, -0.25) is 14.9 Å². The van der Waals surface area contributed by atoms with E-state index in [1.54, 1.807) is 29.2 Å². The summed E-state index contributed by atoms with van der Waals surface area (Å²) in [5.41, 5.74) is 1.93. The van der Waals surface area contributed by atoms with Crippen LogP contribution in [-0.4, -0.2) is 44.1 Å². The zero-order valence-electron chi connectivity index (χ0n) is 19.9. The monoisotopic (exact) mass is 512 g/mol. The zero-order chi connectivity index (χ0) is 26.3. The number of imide groups is 1. The van der Waals surface area contributed by atoms with Crippen molar-refractivity contribution in [2.45, 2.75) is 18.7 Å². The Morgan fingerprint density at radius 3 is 2.47 bits per heavy atom. The first-order valence-electron chi connectivity index (χ1n) is 11.8. The molecule has 190 valence electrons. The summed E-state index contributed by atoms with van der Waals surface area (Å²) < 4.78 is 21.2. The molecule has 1 atom stereocenters. The molecule has 3 heterocycles. The number of nitrogens with one attached hydrogen (secondary N) is 2. The van der Waals surface area contributed by atoms with E-state index in [4.69, 9.17) is 4.74 Å². The van der Waals surface area contributed by atoms with Gasteiger partial charge in [0.2, 0.25) is 0 Å². The lowest BCUT2D eigenvalue weighted by atomic mass is 9.89. The van der Waals surface area contributed by atoms with E-state index in [9.17, 15) is 18.8 Å². The predicted molar refractivity (Wildman–Crippen MR) is 132 cm³/mol. The molecule has 0 unspecified atom stereocenters. The van der Waals surface area contributed by atoms with Gasteiger partial charge in [-0.15, -0.1) is 0 Å². The number of carbonyl (C=O) groups excluding carboxylic acids is 3. The van der Waals surface area contributed by atoms with Crippen molar-refractivity contribution in [1.82, 2.24) is 30.3 Å². The van der Waals surface area contributed by atoms with Crippen LogP contribution in [0.15, 0.2) is 79.4 Å². The fraction of sp³-hybridized carbons (Fsp3) is 0.148. The Kier molecular flexibility index (Phi) is 5.60. The number of benzene rings is 3. The topological polar surface area (TPSA) is 118 Å². The zero-order valence-corrected chi connectivity index (χ0v) is 19.9. The van der Waals surface area contributed by atoms with Crippen molar-refractivity contribution in [1.29, 1.82) is 0 Å². The lowest BCUT2D eigenvalue weighted by Gasteiger charge is -2.31. The smallest absolute Gasteiger partial charge is 0.322 e. The first-order chi connectivity index (χ1) is 18.4. The highest BCUT2D eigenvalue weighted by atomic mass is 19.1.